The maximum Gasteiger partial charge on any atom is 0.0466 e. The summed E-state index contributed by atoms with van der Waals surface area (Å²) in [7, 11) is 0. The number of benzene rings is 1. The number of nitrogens with two attached hydrogens (primary N) is 1. The zero-order chi connectivity index (χ0) is 13.0. The molecule has 96 valence electrons. The molecule has 0 fully saturated rings. The van der Waals surface area contributed by atoms with Crippen LogP contribution in [0.15, 0.2) is 36.7 Å². The van der Waals surface area contributed by atoms with Crippen molar-refractivity contribution in [3.8, 4) is 0 Å². The molecule has 1 aromatic carbocycles. The Morgan fingerprint density at radius 1 is 1.22 bits per heavy atom. The van der Waals surface area contributed by atoms with Crippen LogP contribution in [0.25, 0.3) is 10.8 Å². The molecule has 1 atom stereocenters. The second-order valence-corrected chi connectivity index (χ2v) is 5.04. The Morgan fingerprint density at radius 3 is 2.72 bits per heavy atom. The van der Waals surface area contributed by atoms with E-state index in [1.54, 1.807) is 0 Å². The van der Waals surface area contributed by atoms with E-state index in [4.69, 9.17) is 5.73 Å². The molecular weight excluding hydrogens is 222 g/mol. The number of nitrogens with zero attached hydrogens (tertiary/aromatic N) is 1. The van der Waals surface area contributed by atoms with Gasteiger partial charge in [0.2, 0.25) is 0 Å². The number of hydrogen-bond acceptors (Lipinski definition) is 3. The van der Waals surface area contributed by atoms with Crippen LogP contribution < -0.4 is 11.1 Å². The van der Waals surface area contributed by atoms with Crippen molar-refractivity contribution in [3.63, 3.8) is 0 Å². The van der Waals surface area contributed by atoms with Crippen molar-refractivity contribution >= 4 is 10.8 Å². The van der Waals surface area contributed by atoms with Crippen molar-refractivity contribution in [2.75, 3.05) is 13.1 Å². The average Bonchev–Trinajstić information content (AvgIpc) is 2.39. The smallest absolute Gasteiger partial charge is 0.0466 e. The van der Waals surface area contributed by atoms with Gasteiger partial charge in [-0.05, 0) is 23.4 Å². The van der Waals surface area contributed by atoms with Crippen molar-refractivity contribution < 1.29 is 0 Å². The van der Waals surface area contributed by atoms with Gasteiger partial charge >= 0.3 is 0 Å². The lowest BCUT2D eigenvalue weighted by Gasteiger charge is -2.20. The van der Waals surface area contributed by atoms with E-state index in [1.165, 1.54) is 16.3 Å². The van der Waals surface area contributed by atoms with E-state index in [0.29, 0.717) is 12.5 Å². The lowest BCUT2D eigenvalue weighted by molar-refractivity contribution is 0.480. The molecule has 0 aliphatic carbocycles. The quantitative estimate of drug-likeness (QED) is 0.848. The van der Waals surface area contributed by atoms with E-state index in [0.717, 1.165) is 6.54 Å². The standard InChI is InChI=1S/C15H21N3/c1-11(2)8-18-15(7-16)14-10-17-9-12-5-3-4-6-13(12)14/h3-6,9-11,15,18H,7-8,16H2,1-2H3. The third-order valence-electron chi connectivity index (χ3n) is 3.08. The minimum atomic E-state index is 0.172. The average molecular weight is 243 g/mol. The van der Waals surface area contributed by atoms with Gasteiger partial charge < -0.3 is 11.1 Å². The van der Waals surface area contributed by atoms with Gasteiger partial charge in [0.05, 0.1) is 0 Å². The fourth-order valence-electron chi connectivity index (χ4n) is 2.12. The van der Waals surface area contributed by atoms with Gasteiger partial charge in [0.15, 0.2) is 0 Å². The van der Waals surface area contributed by atoms with Crippen LogP contribution in [0.4, 0.5) is 0 Å². The second kappa shape index (κ2) is 5.94. The first-order valence-corrected chi connectivity index (χ1v) is 6.48. The fraction of sp³-hybridized carbons (Fsp3) is 0.400. The van der Waals surface area contributed by atoms with Crippen LogP contribution in [0, 0.1) is 5.92 Å². The Labute approximate surface area is 108 Å². The molecule has 0 radical (unpaired) electrons. The summed E-state index contributed by atoms with van der Waals surface area (Å²) in [5.74, 6) is 0.613. The van der Waals surface area contributed by atoms with E-state index >= 15 is 0 Å². The van der Waals surface area contributed by atoms with Crippen molar-refractivity contribution in [1.29, 1.82) is 0 Å². The van der Waals surface area contributed by atoms with Crippen LogP contribution >= 0.6 is 0 Å². The first kappa shape index (κ1) is 13.0. The Morgan fingerprint density at radius 2 is 2.00 bits per heavy atom. The van der Waals surface area contributed by atoms with Crippen LogP contribution in [0.5, 0.6) is 0 Å². The molecule has 0 bridgehead atoms. The minimum Gasteiger partial charge on any atom is -0.329 e. The maximum absolute atomic E-state index is 5.89. The molecule has 1 unspecified atom stereocenters. The van der Waals surface area contributed by atoms with Gasteiger partial charge in [-0.3, -0.25) is 4.98 Å². The molecule has 0 saturated heterocycles. The van der Waals surface area contributed by atoms with E-state index in [-0.39, 0.29) is 6.04 Å². The number of nitrogens with one attached hydrogen (secondary N) is 1. The number of aromatic nitrogens is 1. The largest absolute Gasteiger partial charge is 0.329 e. The summed E-state index contributed by atoms with van der Waals surface area (Å²) < 4.78 is 0. The van der Waals surface area contributed by atoms with Gasteiger partial charge in [0.25, 0.3) is 0 Å². The second-order valence-electron chi connectivity index (χ2n) is 5.04. The highest BCUT2D eigenvalue weighted by atomic mass is 14.9. The van der Waals surface area contributed by atoms with Gasteiger partial charge in [0.1, 0.15) is 0 Å². The predicted molar refractivity (Wildman–Crippen MR) is 76.4 cm³/mol. The molecule has 2 aromatic rings. The van der Waals surface area contributed by atoms with Gasteiger partial charge in [0, 0.05) is 30.4 Å². The predicted octanol–water partition coefficient (Wildman–Crippen LogP) is 2.48. The van der Waals surface area contributed by atoms with Crippen molar-refractivity contribution in [1.82, 2.24) is 10.3 Å². The first-order valence-electron chi connectivity index (χ1n) is 6.48. The molecule has 1 heterocycles. The summed E-state index contributed by atoms with van der Waals surface area (Å²) in [6.07, 6.45) is 3.82. The minimum absolute atomic E-state index is 0.172. The number of hydrogen-bond donors (Lipinski definition) is 2. The SMILES string of the molecule is CC(C)CNC(CN)c1cncc2ccccc12. The summed E-state index contributed by atoms with van der Waals surface area (Å²) >= 11 is 0. The van der Waals surface area contributed by atoms with Crippen LogP contribution in [-0.2, 0) is 0 Å². The fourth-order valence-corrected chi connectivity index (χ4v) is 2.12. The Bertz CT molecular complexity index is 503. The summed E-state index contributed by atoms with van der Waals surface area (Å²) in [4.78, 5) is 4.31. The highest BCUT2D eigenvalue weighted by molar-refractivity contribution is 5.85. The summed E-state index contributed by atoms with van der Waals surface area (Å²) in [5, 5.41) is 5.91. The molecule has 2 rings (SSSR count). The summed E-state index contributed by atoms with van der Waals surface area (Å²) in [6, 6.07) is 8.48. The van der Waals surface area contributed by atoms with E-state index in [1.807, 2.05) is 18.5 Å². The Hall–Kier alpha value is -1.45. The summed E-state index contributed by atoms with van der Waals surface area (Å²) in [6.45, 7) is 5.94. The van der Waals surface area contributed by atoms with Gasteiger partial charge in [-0.2, -0.15) is 0 Å². The van der Waals surface area contributed by atoms with Crippen molar-refractivity contribution in [3.05, 3.63) is 42.2 Å². The third-order valence-corrected chi connectivity index (χ3v) is 3.08. The number of rotatable bonds is 5. The van der Waals surface area contributed by atoms with E-state index in [2.05, 4.69) is 42.3 Å². The zero-order valence-electron chi connectivity index (χ0n) is 11.1. The molecule has 3 nitrogen and oxygen atoms in total. The van der Waals surface area contributed by atoms with Gasteiger partial charge in [-0.15, -0.1) is 0 Å². The maximum atomic E-state index is 5.89. The molecule has 3 heteroatoms. The molecule has 0 saturated carbocycles. The molecular formula is C15H21N3. The highest BCUT2D eigenvalue weighted by Crippen LogP contribution is 2.22. The number of fused-ring (bicyclic) bond motifs is 1. The molecule has 0 spiro atoms. The lowest BCUT2D eigenvalue weighted by atomic mass is 10.0. The molecule has 3 N–H and O–H groups in total. The molecule has 1 aromatic heterocycles. The van der Waals surface area contributed by atoms with Gasteiger partial charge in [-0.25, -0.2) is 0 Å². The topological polar surface area (TPSA) is 50.9 Å². The number of pyridine rings is 1. The van der Waals surface area contributed by atoms with Crippen LogP contribution in [0.1, 0.15) is 25.5 Å². The zero-order valence-corrected chi connectivity index (χ0v) is 11.1. The molecule has 18 heavy (non-hydrogen) atoms. The molecule has 0 aliphatic heterocycles. The molecule has 0 aliphatic rings. The third kappa shape index (κ3) is 2.86. The van der Waals surface area contributed by atoms with Crippen LogP contribution in [0.3, 0.4) is 0 Å². The monoisotopic (exact) mass is 243 g/mol. The normalized spacial score (nSPS) is 13.1. The Balaban J connectivity index is 2.32. The van der Waals surface area contributed by atoms with Crippen LogP contribution in [-0.4, -0.2) is 18.1 Å². The first-order chi connectivity index (χ1) is 8.72. The Kier molecular flexibility index (Phi) is 4.28. The van der Waals surface area contributed by atoms with E-state index < -0.39 is 0 Å². The van der Waals surface area contributed by atoms with Crippen LogP contribution in [0.2, 0.25) is 0 Å². The highest BCUT2D eigenvalue weighted by Gasteiger charge is 2.12. The van der Waals surface area contributed by atoms with E-state index in [9.17, 15) is 0 Å². The summed E-state index contributed by atoms with van der Waals surface area (Å²) in [5.41, 5.74) is 7.08. The lowest BCUT2D eigenvalue weighted by Crippen LogP contribution is -2.31. The van der Waals surface area contributed by atoms with Gasteiger partial charge in [-0.1, -0.05) is 38.1 Å². The van der Waals surface area contributed by atoms with Crippen molar-refractivity contribution in [2.45, 2.75) is 19.9 Å². The molecule has 0 amide bonds. The van der Waals surface area contributed by atoms with Crippen molar-refractivity contribution in [2.24, 2.45) is 11.7 Å².